The zero-order chi connectivity index (χ0) is 16.4. The lowest BCUT2D eigenvalue weighted by molar-refractivity contribution is -0.0961. The Balaban J connectivity index is 1.40. The largest absolute Gasteiger partial charge is 0.496 e. The fraction of sp³-hybridized carbons (Fsp3) is 0.700. The Hall–Kier alpha value is -1.10. The molecule has 1 aromatic carbocycles. The molecule has 3 fully saturated rings. The van der Waals surface area contributed by atoms with Crippen LogP contribution in [-0.4, -0.2) is 61.3 Å². The minimum atomic E-state index is 0.0908. The third-order valence-corrected chi connectivity index (χ3v) is 6.11. The van der Waals surface area contributed by atoms with Crippen molar-refractivity contribution >= 4 is 0 Å². The van der Waals surface area contributed by atoms with Crippen LogP contribution in [0.2, 0.25) is 0 Å². The Kier molecular flexibility index (Phi) is 4.79. The summed E-state index contributed by atoms with van der Waals surface area (Å²) in [6.45, 7) is 6.69. The second-order valence-corrected chi connectivity index (χ2v) is 7.69. The Morgan fingerprint density at radius 3 is 2.88 bits per heavy atom. The quantitative estimate of drug-likeness (QED) is 0.847. The van der Waals surface area contributed by atoms with Gasteiger partial charge in [-0.1, -0.05) is 18.2 Å². The van der Waals surface area contributed by atoms with Crippen LogP contribution >= 0.6 is 0 Å². The van der Waals surface area contributed by atoms with E-state index < -0.39 is 0 Å². The molecule has 4 nitrogen and oxygen atoms in total. The van der Waals surface area contributed by atoms with Crippen molar-refractivity contribution in [1.82, 2.24) is 9.80 Å². The average Bonchev–Trinajstić information content (AvgIpc) is 3.26. The molecule has 24 heavy (non-hydrogen) atoms. The van der Waals surface area contributed by atoms with Gasteiger partial charge in [-0.3, -0.25) is 4.90 Å². The first-order valence-electron chi connectivity index (χ1n) is 9.50. The van der Waals surface area contributed by atoms with E-state index in [-0.39, 0.29) is 5.60 Å². The molecule has 0 amide bonds. The SMILES string of the molecule is COc1ccccc1CN1CC[C@]2(C[C@H](N3CCCC3)CCO2)C1. The van der Waals surface area contributed by atoms with E-state index in [1.807, 2.05) is 6.07 Å². The highest BCUT2D eigenvalue weighted by molar-refractivity contribution is 5.33. The molecule has 3 saturated heterocycles. The minimum absolute atomic E-state index is 0.0908. The minimum Gasteiger partial charge on any atom is -0.496 e. The first kappa shape index (κ1) is 16.4. The van der Waals surface area contributed by atoms with Crippen molar-refractivity contribution in [3.05, 3.63) is 29.8 Å². The highest BCUT2D eigenvalue weighted by Crippen LogP contribution is 2.37. The summed E-state index contributed by atoms with van der Waals surface area (Å²) in [4.78, 5) is 5.26. The van der Waals surface area contributed by atoms with Gasteiger partial charge >= 0.3 is 0 Å². The summed E-state index contributed by atoms with van der Waals surface area (Å²) in [5.41, 5.74) is 1.37. The summed E-state index contributed by atoms with van der Waals surface area (Å²) in [6, 6.07) is 9.12. The normalized spacial score (nSPS) is 31.8. The molecule has 4 heteroatoms. The molecule has 3 aliphatic heterocycles. The van der Waals surface area contributed by atoms with Crippen LogP contribution in [0, 0.1) is 0 Å². The van der Waals surface area contributed by atoms with Gasteiger partial charge in [-0.05, 0) is 51.3 Å². The Bertz CT molecular complexity index is 558. The van der Waals surface area contributed by atoms with Crippen molar-refractivity contribution in [1.29, 1.82) is 0 Å². The van der Waals surface area contributed by atoms with Gasteiger partial charge < -0.3 is 14.4 Å². The lowest BCUT2D eigenvalue weighted by atomic mass is 9.89. The van der Waals surface area contributed by atoms with E-state index in [2.05, 4.69) is 28.0 Å². The summed E-state index contributed by atoms with van der Waals surface area (Å²) < 4.78 is 11.9. The van der Waals surface area contributed by atoms with Crippen LogP contribution in [0.5, 0.6) is 5.75 Å². The third-order valence-electron chi connectivity index (χ3n) is 6.11. The molecule has 2 atom stereocenters. The van der Waals surface area contributed by atoms with E-state index in [0.717, 1.165) is 38.0 Å². The predicted octanol–water partition coefficient (Wildman–Crippen LogP) is 2.91. The first-order chi connectivity index (χ1) is 11.8. The lowest BCUT2D eigenvalue weighted by Crippen LogP contribution is -2.49. The summed E-state index contributed by atoms with van der Waals surface area (Å²) in [5, 5.41) is 0. The van der Waals surface area contributed by atoms with Crippen molar-refractivity contribution in [2.24, 2.45) is 0 Å². The fourth-order valence-corrected chi connectivity index (χ4v) is 4.84. The predicted molar refractivity (Wildman–Crippen MR) is 95.4 cm³/mol. The molecule has 0 bridgehead atoms. The number of likely N-dealkylation sites (tertiary alicyclic amines) is 2. The molecular weight excluding hydrogens is 300 g/mol. The van der Waals surface area contributed by atoms with Crippen LogP contribution in [0.15, 0.2) is 24.3 Å². The van der Waals surface area contributed by atoms with Crippen LogP contribution in [0.25, 0.3) is 0 Å². The molecule has 132 valence electrons. The van der Waals surface area contributed by atoms with Crippen molar-refractivity contribution in [3.63, 3.8) is 0 Å². The second kappa shape index (κ2) is 7.03. The lowest BCUT2D eigenvalue weighted by Gasteiger charge is -2.41. The molecule has 0 unspecified atom stereocenters. The van der Waals surface area contributed by atoms with Gasteiger partial charge in [0.2, 0.25) is 0 Å². The standard InChI is InChI=1S/C20H30N2O2/c1-23-19-7-3-2-6-17(19)15-21-12-9-20(16-21)14-18(8-13-24-20)22-10-4-5-11-22/h2-3,6-7,18H,4-5,8-16H2,1H3/t18-,20+/m1/s1. The van der Waals surface area contributed by atoms with Crippen LogP contribution < -0.4 is 4.74 Å². The monoisotopic (exact) mass is 330 g/mol. The molecule has 0 N–H and O–H groups in total. The Labute approximate surface area is 145 Å². The van der Waals surface area contributed by atoms with E-state index >= 15 is 0 Å². The zero-order valence-corrected chi connectivity index (χ0v) is 14.9. The number of methoxy groups -OCH3 is 1. The van der Waals surface area contributed by atoms with Gasteiger partial charge in [-0.2, -0.15) is 0 Å². The summed E-state index contributed by atoms with van der Waals surface area (Å²) in [6.07, 6.45) is 6.37. The van der Waals surface area contributed by atoms with E-state index in [9.17, 15) is 0 Å². The second-order valence-electron chi connectivity index (χ2n) is 7.69. The first-order valence-corrected chi connectivity index (χ1v) is 9.50. The summed E-state index contributed by atoms with van der Waals surface area (Å²) in [5.74, 6) is 0.998. The maximum absolute atomic E-state index is 6.34. The highest BCUT2D eigenvalue weighted by Gasteiger charge is 2.44. The molecule has 4 rings (SSSR count). The Morgan fingerprint density at radius 2 is 2.04 bits per heavy atom. The number of hydrogen-bond donors (Lipinski definition) is 0. The highest BCUT2D eigenvalue weighted by atomic mass is 16.5. The molecule has 0 aliphatic carbocycles. The summed E-state index contributed by atoms with van der Waals surface area (Å²) in [7, 11) is 1.76. The van der Waals surface area contributed by atoms with Crippen molar-refractivity contribution in [2.75, 3.05) is 39.9 Å². The van der Waals surface area contributed by atoms with Crippen LogP contribution in [0.1, 0.15) is 37.7 Å². The molecule has 3 aliphatic rings. The van der Waals surface area contributed by atoms with E-state index in [1.165, 1.54) is 50.8 Å². The molecule has 0 saturated carbocycles. The third kappa shape index (κ3) is 3.32. The van der Waals surface area contributed by atoms with Gasteiger partial charge in [0, 0.05) is 37.8 Å². The van der Waals surface area contributed by atoms with Gasteiger partial charge in [0.05, 0.1) is 12.7 Å². The van der Waals surface area contributed by atoms with E-state index in [4.69, 9.17) is 9.47 Å². The van der Waals surface area contributed by atoms with Crippen molar-refractivity contribution in [3.8, 4) is 5.75 Å². The maximum Gasteiger partial charge on any atom is 0.123 e. The molecule has 0 aromatic heterocycles. The molecule has 0 radical (unpaired) electrons. The van der Waals surface area contributed by atoms with E-state index in [0.29, 0.717) is 0 Å². The van der Waals surface area contributed by atoms with Gasteiger partial charge in [0.25, 0.3) is 0 Å². The number of rotatable bonds is 4. The number of benzene rings is 1. The summed E-state index contributed by atoms with van der Waals surface area (Å²) >= 11 is 0. The van der Waals surface area contributed by atoms with Gasteiger partial charge in [0.15, 0.2) is 0 Å². The van der Waals surface area contributed by atoms with Crippen LogP contribution in [0.4, 0.5) is 0 Å². The number of ether oxygens (including phenoxy) is 2. The van der Waals surface area contributed by atoms with Gasteiger partial charge in [-0.15, -0.1) is 0 Å². The number of hydrogen-bond acceptors (Lipinski definition) is 4. The molecule has 3 heterocycles. The van der Waals surface area contributed by atoms with E-state index in [1.54, 1.807) is 7.11 Å². The molecule has 1 aromatic rings. The molecular formula is C20H30N2O2. The van der Waals surface area contributed by atoms with Crippen LogP contribution in [-0.2, 0) is 11.3 Å². The molecule has 1 spiro atoms. The number of para-hydroxylation sites is 1. The average molecular weight is 330 g/mol. The zero-order valence-electron chi connectivity index (χ0n) is 14.9. The Morgan fingerprint density at radius 1 is 1.21 bits per heavy atom. The van der Waals surface area contributed by atoms with Crippen molar-refractivity contribution in [2.45, 2.75) is 50.3 Å². The topological polar surface area (TPSA) is 24.9 Å². The van der Waals surface area contributed by atoms with Gasteiger partial charge in [0.1, 0.15) is 5.75 Å². The smallest absolute Gasteiger partial charge is 0.123 e. The van der Waals surface area contributed by atoms with Crippen LogP contribution in [0.3, 0.4) is 0 Å². The van der Waals surface area contributed by atoms with Gasteiger partial charge in [-0.25, -0.2) is 0 Å². The van der Waals surface area contributed by atoms with Crippen molar-refractivity contribution < 1.29 is 9.47 Å². The maximum atomic E-state index is 6.34. The number of nitrogens with zero attached hydrogens (tertiary/aromatic N) is 2. The fourth-order valence-electron chi connectivity index (χ4n) is 4.84.